The molecule has 0 bridgehead atoms. The van der Waals surface area contributed by atoms with E-state index in [1.165, 1.54) is 0 Å². The summed E-state index contributed by atoms with van der Waals surface area (Å²) < 4.78 is 0. The Kier molecular flexibility index (Phi) is 1.52. The third-order valence-corrected chi connectivity index (χ3v) is 2.15. The minimum atomic E-state index is 0.213. The lowest BCUT2D eigenvalue weighted by molar-refractivity contribution is -0.128. The van der Waals surface area contributed by atoms with Gasteiger partial charge >= 0.3 is 0 Å². The summed E-state index contributed by atoms with van der Waals surface area (Å²) in [6.45, 7) is 1.68. The number of hydrogen-bond acceptors (Lipinski definition) is 3. The molecule has 4 heteroatoms. The van der Waals surface area contributed by atoms with Crippen LogP contribution in [0.2, 0.25) is 0 Å². The van der Waals surface area contributed by atoms with Crippen molar-refractivity contribution in [2.45, 2.75) is 18.9 Å². The highest BCUT2D eigenvalue weighted by molar-refractivity contribution is 5.83. The second-order valence-electron chi connectivity index (χ2n) is 2.90. The fraction of sp³-hybridized carbons (Fsp3) is 0.714. The van der Waals surface area contributed by atoms with E-state index in [1.807, 2.05) is 11.1 Å². The molecule has 4 nitrogen and oxygen atoms in total. The van der Waals surface area contributed by atoms with Crippen LogP contribution in [0.4, 0.5) is 0 Å². The van der Waals surface area contributed by atoms with E-state index in [0.29, 0.717) is 6.42 Å². The van der Waals surface area contributed by atoms with Gasteiger partial charge in [-0.2, -0.15) is 5.10 Å². The SMILES string of the molecule is O=C1CCCN1C1C=NNC1. The number of likely N-dealkylation sites (tertiary alicyclic amines) is 1. The van der Waals surface area contributed by atoms with Crippen molar-refractivity contribution >= 4 is 12.1 Å². The average molecular weight is 153 g/mol. The van der Waals surface area contributed by atoms with E-state index in [4.69, 9.17) is 0 Å². The maximum absolute atomic E-state index is 11.2. The number of carbonyl (C=O) groups excluding carboxylic acids is 1. The van der Waals surface area contributed by atoms with Crippen LogP contribution in [0.3, 0.4) is 0 Å². The van der Waals surface area contributed by atoms with Crippen LogP contribution in [-0.4, -0.2) is 36.2 Å². The van der Waals surface area contributed by atoms with E-state index in [2.05, 4.69) is 10.5 Å². The molecule has 0 aromatic carbocycles. The first-order valence-electron chi connectivity index (χ1n) is 3.93. The molecule has 0 saturated carbocycles. The van der Waals surface area contributed by atoms with Gasteiger partial charge in [0.2, 0.25) is 5.91 Å². The molecular formula is C7H11N3O. The molecule has 60 valence electrons. The van der Waals surface area contributed by atoms with Crippen molar-refractivity contribution in [2.24, 2.45) is 5.10 Å². The minimum absolute atomic E-state index is 0.213. The second-order valence-corrected chi connectivity index (χ2v) is 2.90. The van der Waals surface area contributed by atoms with Gasteiger partial charge in [-0.05, 0) is 6.42 Å². The van der Waals surface area contributed by atoms with Crippen LogP contribution in [0.1, 0.15) is 12.8 Å². The maximum atomic E-state index is 11.2. The van der Waals surface area contributed by atoms with E-state index in [9.17, 15) is 4.79 Å². The number of hydrazone groups is 1. The van der Waals surface area contributed by atoms with Gasteiger partial charge in [-0.3, -0.25) is 4.79 Å². The molecule has 2 aliphatic rings. The first-order valence-corrected chi connectivity index (χ1v) is 3.93. The van der Waals surface area contributed by atoms with Crippen LogP contribution in [0.5, 0.6) is 0 Å². The Labute approximate surface area is 65.3 Å². The lowest BCUT2D eigenvalue weighted by Crippen LogP contribution is -2.39. The fourth-order valence-electron chi connectivity index (χ4n) is 1.55. The molecular weight excluding hydrogens is 142 g/mol. The molecule has 2 aliphatic heterocycles. The standard InChI is InChI=1S/C7H11N3O/c11-7-2-1-3-10(7)6-4-8-9-5-6/h4,6,9H,1-3,5H2. The normalized spacial score (nSPS) is 29.6. The third kappa shape index (κ3) is 1.08. The van der Waals surface area contributed by atoms with Crippen molar-refractivity contribution in [3.05, 3.63) is 0 Å². The van der Waals surface area contributed by atoms with Crippen LogP contribution in [0.15, 0.2) is 5.10 Å². The Morgan fingerprint density at radius 1 is 1.73 bits per heavy atom. The molecule has 1 saturated heterocycles. The molecule has 2 rings (SSSR count). The summed E-state index contributed by atoms with van der Waals surface area (Å²) in [7, 11) is 0. The van der Waals surface area contributed by atoms with Gasteiger partial charge in [0.15, 0.2) is 0 Å². The van der Waals surface area contributed by atoms with Gasteiger partial charge in [0, 0.05) is 19.2 Å². The predicted molar refractivity (Wildman–Crippen MR) is 41.2 cm³/mol. The molecule has 2 heterocycles. The quantitative estimate of drug-likeness (QED) is 0.555. The zero-order chi connectivity index (χ0) is 7.68. The first-order chi connectivity index (χ1) is 5.38. The molecule has 1 N–H and O–H groups in total. The van der Waals surface area contributed by atoms with Gasteiger partial charge < -0.3 is 10.3 Å². The molecule has 0 aliphatic carbocycles. The largest absolute Gasteiger partial charge is 0.333 e. The Balaban J connectivity index is 2.03. The van der Waals surface area contributed by atoms with Gasteiger partial charge in [0.05, 0.1) is 12.6 Å². The molecule has 0 aromatic rings. The highest BCUT2D eigenvalue weighted by Gasteiger charge is 2.27. The number of carbonyl (C=O) groups is 1. The molecule has 1 amide bonds. The Morgan fingerprint density at radius 3 is 3.18 bits per heavy atom. The summed E-state index contributed by atoms with van der Waals surface area (Å²) in [5, 5.41) is 3.87. The smallest absolute Gasteiger partial charge is 0.223 e. The Hall–Kier alpha value is -1.06. The van der Waals surface area contributed by atoms with Gasteiger partial charge in [-0.15, -0.1) is 0 Å². The van der Waals surface area contributed by atoms with E-state index < -0.39 is 0 Å². The third-order valence-electron chi connectivity index (χ3n) is 2.15. The van der Waals surface area contributed by atoms with Crippen molar-refractivity contribution in [2.75, 3.05) is 13.1 Å². The van der Waals surface area contributed by atoms with E-state index >= 15 is 0 Å². The summed E-state index contributed by atoms with van der Waals surface area (Å²) in [4.78, 5) is 13.1. The summed E-state index contributed by atoms with van der Waals surface area (Å²) in [6.07, 6.45) is 3.52. The van der Waals surface area contributed by atoms with E-state index in [-0.39, 0.29) is 11.9 Å². The zero-order valence-electron chi connectivity index (χ0n) is 6.29. The Bertz CT molecular complexity index is 202. The number of nitrogens with zero attached hydrogens (tertiary/aromatic N) is 2. The van der Waals surface area contributed by atoms with Crippen molar-refractivity contribution in [3.8, 4) is 0 Å². The highest BCUT2D eigenvalue weighted by Crippen LogP contribution is 2.13. The van der Waals surface area contributed by atoms with Crippen molar-refractivity contribution < 1.29 is 4.79 Å². The van der Waals surface area contributed by atoms with E-state index in [0.717, 1.165) is 19.5 Å². The first kappa shape index (κ1) is 6.64. The second kappa shape index (κ2) is 2.53. The molecule has 11 heavy (non-hydrogen) atoms. The lowest BCUT2D eigenvalue weighted by atomic mass is 10.3. The van der Waals surface area contributed by atoms with Crippen LogP contribution in [-0.2, 0) is 4.79 Å². The van der Waals surface area contributed by atoms with E-state index in [1.54, 1.807) is 0 Å². The van der Waals surface area contributed by atoms with Crippen LogP contribution in [0.25, 0.3) is 0 Å². The molecule has 0 radical (unpaired) electrons. The average Bonchev–Trinajstić information content (AvgIpc) is 2.55. The summed E-state index contributed by atoms with van der Waals surface area (Å²) >= 11 is 0. The highest BCUT2D eigenvalue weighted by atomic mass is 16.2. The van der Waals surface area contributed by atoms with Gasteiger partial charge in [0.1, 0.15) is 0 Å². The fourth-order valence-corrected chi connectivity index (χ4v) is 1.55. The number of hydrogen-bond donors (Lipinski definition) is 1. The van der Waals surface area contributed by atoms with Crippen molar-refractivity contribution in [3.63, 3.8) is 0 Å². The topological polar surface area (TPSA) is 44.7 Å². The summed E-state index contributed by atoms with van der Waals surface area (Å²) in [5.74, 6) is 0.269. The summed E-state index contributed by atoms with van der Waals surface area (Å²) in [5.41, 5.74) is 2.85. The van der Waals surface area contributed by atoms with Crippen molar-refractivity contribution in [1.82, 2.24) is 10.3 Å². The molecule has 1 unspecified atom stereocenters. The van der Waals surface area contributed by atoms with Crippen LogP contribution < -0.4 is 5.43 Å². The number of nitrogens with one attached hydrogen (secondary N) is 1. The van der Waals surface area contributed by atoms with Crippen LogP contribution >= 0.6 is 0 Å². The lowest BCUT2D eigenvalue weighted by Gasteiger charge is -2.19. The molecule has 0 aromatic heterocycles. The Morgan fingerprint density at radius 2 is 2.64 bits per heavy atom. The monoisotopic (exact) mass is 153 g/mol. The minimum Gasteiger partial charge on any atom is -0.333 e. The van der Waals surface area contributed by atoms with Crippen LogP contribution in [0, 0.1) is 0 Å². The number of amides is 1. The summed E-state index contributed by atoms with van der Waals surface area (Å²) in [6, 6.07) is 0.213. The van der Waals surface area contributed by atoms with Gasteiger partial charge in [-0.25, -0.2) is 0 Å². The van der Waals surface area contributed by atoms with Gasteiger partial charge in [0.25, 0.3) is 0 Å². The molecule has 0 spiro atoms. The molecule has 1 atom stereocenters. The van der Waals surface area contributed by atoms with Crippen molar-refractivity contribution in [1.29, 1.82) is 0 Å². The molecule has 1 fully saturated rings. The predicted octanol–water partition coefficient (Wildman–Crippen LogP) is -0.434. The van der Waals surface area contributed by atoms with Gasteiger partial charge in [-0.1, -0.05) is 0 Å². The number of rotatable bonds is 1. The zero-order valence-corrected chi connectivity index (χ0v) is 6.29. The maximum Gasteiger partial charge on any atom is 0.223 e.